The molecule has 0 spiro atoms. The van der Waals surface area contributed by atoms with E-state index in [9.17, 15) is 18.0 Å². The normalized spacial score (nSPS) is 13.7. The number of carbonyl (C=O) groups is 1. The molecule has 0 saturated heterocycles. The van der Waals surface area contributed by atoms with Gasteiger partial charge in [-0.05, 0) is 31.2 Å². The number of hydrazine groups is 2. The van der Waals surface area contributed by atoms with Gasteiger partial charge in [-0.2, -0.15) is 23.8 Å². The fourth-order valence-corrected chi connectivity index (χ4v) is 3.36. The molecule has 4 rings (SSSR count). The largest absolute Gasteiger partial charge is 0.416 e. The van der Waals surface area contributed by atoms with Crippen LogP contribution < -0.4 is 21.7 Å². The SMILES string of the molecule is Cc1nn(CC2=CNNN2)c2ncc(C(=O)Nc3ccc(C(F)(F)F)cc3)c(Cl)c12. The zero-order valence-electron chi connectivity index (χ0n) is 15.4. The Hall–Kier alpha value is -3.31. The van der Waals surface area contributed by atoms with Gasteiger partial charge in [-0.3, -0.25) is 4.79 Å². The van der Waals surface area contributed by atoms with Gasteiger partial charge in [-0.15, -0.1) is 0 Å². The van der Waals surface area contributed by atoms with Crippen LogP contribution in [0.4, 0.5) is 18.9 Å². The summed E-state index contributed by atoms with van der Waals surface area (Å²) < 4.78 is 39.7. The Morgan fingerprint density at radius 2 is 2.00 bits per heavy atom. The van der Waals surface area contributed by atoms with Crippen molar-refractivity contribution in [2.45, 2.75) is 19.6 Å². The van der Waals surface area contributed by atoms with Crippen LogP contribution in [0.2, 0.25) is 5.02 Å². The number of alkyl halides is 3. The minimum Gasteiger partial charge on any atom is -0.322 e. The number of halogens is 4. The molecule has 1 aliphatic rings. The van der Waals surface area contributed by atoms with Crippen molar-refractivity contribution in [3.05, 3.63) is 64.2 Å². The number of nitrogens with zero attached hydrogens (tertiary/aromatic N) is 3. The van der Waals surface area contributed by atoms with E-state index in [4.69, 9.17) is 11.6 Å². The smallest absolute Gasteiger partial charge is 0.322 e. The summed E-state index contributed by atoms with van der Waals surface area (Å²) >= 11 is 6.47. The van der Waals surface area contributed by atoms with E-state index in [1.165, 1.54) is 18.3 Å². The van der Waals surface area contributed by atoms with Crippen LogP contribution in [0.25, 0.3) is 11.0 Å². The highest BCUT2D eigenvalue weighted by Crippen LogP contribution is 2.31. The minimum absolute atomic E-state index is 0.0910. The van der Waals surface area contributed by atoms with E-state index >= 15 is 0 Å². The summed E-state index contributed by atoms with van der Waals surface area (Å²) in [6.07, 6.45) is -1.40. The van der Waals surface area contributed by atoms with Gasteiger partial charge in [-0.25, -0.2) is 9.67 Å². The first-order valence-corrected chi connectivity index (χ1v) is 9.07. The molecular weight excluding hydrogens is 423 g/mol. The first-order chi connectivity index (χ1) is 14.2. The second kappa shape index (κ2) is 7.50. The van der Waals surface area contributed by atoms with Crippen LogP contribution in [0.1, 0.15) is 21.6 Å². The number of amides is 1. The lowest BCUT2D eigenvalue weighted by molar-refractivity contribution is -0.137. The zero-order chi connectivity index (χ0) is 21.5. The molecule has 4 N–H and O–H groups in total. The first-order valence-electron chi connectivity index (χ1n) is 8.70. The highest BCUT2D eigenvalue weighted by atomic mass is 35.5. The van der Waals surface area contributed by atoms with Crippen LogP contribution in [0.3, 0.4) is 0 Å². The molecule has 8 nitrogen and oxygen atoms in total. The molecule has 156 valence electrons. The Labute approximate surface area is 173 Å². The van der Waals surface area contributed by atoms with Crippen molar-refractivity contribution in [1.29, 1.82) is 0 Å². The quantitative estimate of drug-likeness (QED) is 0.501. The number of allylic oxidation sites excluding steroid dienone is 1. The summed E-state index contributed by atoms with van der Waals surface area (Å²) in [5.41, 5.74) is 9.82. The number of fused-ring (bicyclic) bond motifs is 1. The third-order valence-corrected chi connectivity index (χ3v) is 4.84. The number of hydrogen-bond acceptors (Lipinski definition) is 6. The summed E-state index contributed by atoms with van der Waals surface area (Å²) in [6.45, 7) is 2.14. The molecule has 3 aromatic rings. The Balaban J connectivity index is 1.60. The van der Waals surface area contributed by atoms with E-state index < -0.39 is 17.6 Å². The highest BCUT2D eigenvalue weighted by Gasteiger charge is 2.30. The van der Waals surface area contributed by atoms with Crippen LogP contribution in [0.5, 0.6) is 0 Å². The minimum atomic E-state index is -4.45. The lowest BCUT2D eigenvalue weighted by Crippen LogP contribution is -2.32. The number of benzene rings is 1. The van der Waals surface area contributed by atoms with Gasteiger partial charge in [-0.1, -0.05) is 11.6 Å². The molecule has 1 amide bonds. The second-order valence-corrected chi connectivity index (χ2v) is 6.90. The summed E-state index contributed by atoms with van der Waals surface area (Å²) in [6, 6.07) is 4.13. The van der Waals surface area contributed by atoms with Gasteiger partial charge in [0.05, 0.1) is 39.5 Å². The predicted octanol–water partition coefficient (Wildman–Crippen LogP) is 3.12. The molecular formula is C18H15ClF3N7O. The van der Waals surface area contributed by atoms with Crippen molar-refractivity contribution in [3.63, 3.8) is 0 Å². The second-order valence-electron chi connectivity index (χ2n) is 6.52. The van der Waals surface area contributed by atoms with Crippen LogP contribution in [-0.2, 0) is 12.7 Å². The number of carbonyl (C=O) groups excluding carboxylic acids is 1. The molecule has 0 aliphatic carbocycles. The monoisotopic (exact) mass is 437 g/mol. The van der Waals surface area contributed by atoms with Crippen LogP contribution in [0.15, 0.2) is 42.4 Å². The average Bonchev–Trinajstić information content (AvgIpc) is 3.30. The third kappa shape index (κ3) is 3.76. The van der Waals surface area contributed by atoms with Gasteiger partial charge < -0.3 is 16.2 Å². The predicted molar refractivity (Wildman–Crippen MR) is 104 cm³/mol. The van der Waals surface area contributed by atoms with E-state index in [1.807, 2.05) is 0 Å². The van der Waals surface area contributed by atoms with E-state index in [0.29, 0.717) is 23.3 Å². The number of aryl methyl sites for hydroxylation is 1. The third-order valence-electron chi connectivity index (χ3n) is 4.45. The average molecular weight is 438 g/mol. The van der Waals surface area contributed by atoms with Gasteiger partial charge in [0.1, 0.15) is 0 Å². The summed E-state index contributed by atoms with van der Waals surface area (Å²) in [7, 11) is 0. The number of rotatable bonds is 4. The van der Waals surface area contributed by atoms with Gasteiger partial charge >= 0.3 is 6.18 Å². The standard InChI is InChI=1S/C18H15ClF3N7O/c1-9-14-15(19)13(7-23-16(14)29(27-9)8-12-6-24-28-26-12)17(30)25-11-4-2-10(3-5-11)18(20,21)22/h2-7,24,26,28H,8H2,1H3,(H,25,30). The summed E-state index contributed by atoms with van der Waals surface area (Å²) in [5, 5.41) is 7.65. The molecule has 0 radical (unpaired) electrons. The van der Waals surface area contributed by atoms with Crippen molar-refractivity contribution < 1.29 is 18.0 Å². The fraction of sp³-hybridized carbons (Fsp3) is 0.167. The van der Waals surface area contributed by atoms with Crippen molar-refractivity contribution in [2.24, 2.45) is 0 Å². The van der Waals surface area contributed by atoms with Crippen LogP contribution >= 0.6 is 11.6 Å². The molecule has 30 heavy (non-hydrogen) atoms. The molecule has 0 atom stereocenters. The van der Waals surface area contributed by atoms with E-state index in [0.717, 1.165) is 17.8 Å². The first kappa shape index (κ1) is 20.0. The Morgan fingerprint density at radius 3 is 2.63 bits per heavy atom. The molecule has 12 heteroatoms. The molecule has 1 aliphatic heterocycles. The number of anilines is 1. The Kier molecular flexibility index (Phi) is 5.00. The molecule has 3 heterocycles. The van der Waals surface area contributed by atoms with E-state index in [2.05, 4.69) is 31.8 Å². The summed E-state index contributed by atoms with van der Waals surface area (Å²) in [4.78, 5) is 17.0. The number of hydrogen-bond donors (Lipinski definition) is 4. The van der Waals surface area contributed by atoms with Crippen LogP contribution in [-0.4, -0.2) is 20.7 Å². The molecule has 1 aromatic carbocycles. The van der Waals surface area contributed by atoms with Crippen molar-refractivity contribution in [2.75, 3.05) is 5.32 Å². The topological polar surface area (TPSA) is 95.9 Å². The lowest BCUT2D eigenvalue weighted by Gasteiger charge is -2.10. The van der Waals surface area contributed by atoms with Gasteiger partial charge in [0.15, 0.2) is 5.65 Å². The molecule has 0 bridgehead atoms. The Morgan fingerprint density at radius 1 is 1.27 bits per heavy atom. The maximum atomic E-state index is 12.7. The highest BCUT2D eigenvalue weighted by molar-refractivity contribution is 6.39. The summed E-state index contributed by atoms with van der Waals surface area (Å²) in [5.74, 6) is -0.588. The van der Waals surface area contributed by atoms with Crippen molar-refractivity contribution >= 4 is 34.2 Å². The number of aromatic nitrogens is 3. The molecule has 2 aromatic heterocycles. The lowest BCUT2D eigenvalue weighted by atomic mass is 10.1. The van der Waals surface area contributed by atoms with Crippen molar-refractivity contribution in [3.8, 4) is 0 Å². The van der Waals surface area contributed by atoms with Gasteiger partial charge in [0.2, 0.25) is 0 Å². The number of pyridine rings is 1. The Bertz CT molecular complexity index is 1160. The maximum Gasteiger partial charge on any atom is 0.416 e. The fourth-order valence-electron chi connectivity index (χ4n) is 3.01. The van der Waals surface area contributed by atoms with Gasteiger partial charge in [0.25, 0.3) is 5.91 Å². The molecule has 0 unspecified atom stereocenters. The van der Waals surface area contributed by atoms with E-state index in [1.54, 1.807) is 17.8 Å². The van der Waals surface area contributed by atoms with Crippen molar-refractivity contribution in [1.82, 2.24) is 31.2 Å². The van der Waals surface area contributed by atoms with E-state index in [-0.39, 0.29) is 16.3 Å². The maximum absolute atomic E-state index is 12.7. The number of nitrogens with one attached hydrogen (secondary N) is 4. The molecule has 0 saturated carbocycles. The van der Waals surface area contributed by atoms with Gasteiger partial charge in [0, 0.05) is 18.1 Å². The van der Waals surface area contributed by atoms with Crippen LogP contribution in [0, 0.1) is 6.92 Å². The molecule has 0 fully saturated rings. The zero-order valence-corrected chi connectivity index (χ0v) is 16.2.